The van der Waals surface area contributed by atoms with Crippen LogP contribution in [0.25, 0.3) is 0 Å². The van der Waals surface area contributed by atoms with Crippen LogP contribution in [0.5, 0.6) is 0 Å². The molecule has 1 aliphatic rings. The lowest BCUT2D eigenvalue weighted by Gasteiger charge is -2.25. The first kappa shape index (κ1) is 10.3. The van der Waals surface area contributed by atoms with Crippen molar-refractivity contribution in [2.24, 2.45) is 0 Å². The van der Waals surface area contributed by atoms with Crippen molar-refractivity contribution in [1.29, 1.82) is 0 Å². The van der Waals surface area contributed by atoms with Crippen LogP contribution in [-0.4, -0.2) is 40.8 Å². The van der Waals surface area contributed by atoms with Crippen LogP contribution in [0.1, 0.15) is 13.3 Å². The van der Waals surface area contributed by atoms with Crippen LogP contribution in [0.3, 0.4) is 0 Å². The summed E-state index contributed by atoms with van der Waals surface area (Å²) in [5, 5.41) is 9.13. The minimum Gasteiger partial charge on any atom is -0.379 e. The van der Waals surface area contributed by atoms with Crippen molar-refractivity contribution in [3.8, 4) is 0 Å². The lowest BCUT2D eigenvalue weighted by atomic mass is 10.0. The third kappa shape index (κ3) is 1.77. The monoisotopic (exact) mass is 197 g/mol. The molecule has 0 aromatic rings. The van der Waals surface area contributed by atoms with E-state index >= 15 is 0 Å². The van der Waals surface area contributed by atoms with Crippen molar-refractivity contribution >= 4 is 5.91 Å². The summed E-state index contributed by atoms with van der Waals surface area (Å²) in [6, 6.07) is 0. The molecule has 1 atom stereocenters. The third-order valence-corrected chi connectivity index (χ3v) is 2.22. The Hall–Kier alpha value is -0.780. The molecular formula is C7H10F3NO2. The number of β-amino-alcohol motifs (C(OH)–C–C–N with tert-alkyl or cyclic N) is 1. The number of alkyl halides is 3. The third-order valence-electron chi connectivity index (χ3n) is 2.22. The van der Waals surface area contributed by atoms with E-state index in [-0.39, 0.29) is 6.54 Å². The van der Waals surface area contributed by atoms with Crippen molar-refractivity contribution < 1.29 is 23.1 Å². The van der Waals surface area contributed by atoms with E-state index < -0.39 is 30.7 Å². The van der Waals surface area contributed by atoms with Gasteiger partial charge in [0.15, 0.2) is 5.60 Å². The molecule has 0 saturated carbocycles. The number of likely N-dealkylation sites (tertiary alicyclic amines) is 1. The maximum Gasteiger partial charge on any atom is 0.419 e. The zero-order valence-electron chi connectivity index (χ0n) is 7.06. The number of aliphatic hydroxyl groups is 1. The summed E-state index contributed by atoms with van der Waals surface area (Å²) in [5.74, 6) is -0.444. The normalized spacial score (nSPS) is 29.5. The van der Waals surface area contributed by atoms with E-state index in [4.69, 9.17) is 5.11 Å². The zero-order valence-corrected chi connectivity index (χ0v) is 7.06. The van der Waals surface area contributed by atoms with E-state index in [2.05, 4.69) is 0 Å². The molecule has 0 aliphatic carbocycles. The van der Waals surface area contributed by atoms with Gasteiger partial charge >= 0.3 is 6.18 Å². The summed E-state index contributed by atoms with van der Waals surface area (Å²) < 4.78 is 36.6. The van der Waals surface area contributed by atoms with Crippen LogP contribution in [0, 0.1) is 0 Å². The molecule has 1 rings (SSSR count). The van der Waals surface area contributed by atoms with Crippen LogP contribution in [-0.2, 0) is 4.79 Å². The van der Waals surface area contributed by atoms with Gasteiger partial charge in [0, 0.05) is 19.9 Å². The van der Waals surface area contributed by atoms with Crippen molar-refractivity contribution in [3.05, 3.63) is 0 Å². The summed E-state index contributed by atoms with van der Waals surface area (Å²) in [5.41, 5.74) is -2.71. The predicted octanol–water partition coefficient (Wildman–Crippen LogP) is 0.532. The van der Waals surface area contributed by atoms with Crippen molar-refractivity contribution in [2.45, 2.75) is 25.1 Å². The number of amides is 1. The maximum atomic E-state index is 12.2. The number of carbonyl (C=O) groups excluding carboxylic acids is 1. The number of halogens is 3. The highest BCUT2D eigenvalue weighted by molar-refractivity contribution is 5.73. The lowest BCUT2D eigenvalue weighted by Crippen LogP contribution is -2.47. The molecule has 3 nitrogen and oxygen atoms in total. The Kier molecular flexibility index (Phi) is 2.27. The Balaban J connectivity index is 2.72. The van der Waals surface area contributed by atoms with Gasteiger partial charge in [-0.1, -0.05) is 0 Å². The molecule has 1 saturated heterocycles. The van der Waals surface area contributed by atoms with E-state index in [0.29, 0.717) is 0 Å². The molecule has 0 aromatic heterocycles. The molecule has 1 heterocycles. The summed E-state index contributed by atoms with van der Waals surface area (Å²) in [4.78, 5) is 11.7. The van der Waals surface area contributed by atoms with Gasteiger partial charge in [-0.05, 0) is 0 Å². The molecule has 0 radical (unpaired) electrons. The van der Waals surface area contributed by atoms with Crippen LogP contribution in [0.4, 0.5) is 13.2 Å². The molecule has 0 bridgehead atoms. The van der Waals surface area contributed by atoms with E-state index in [1.165, 1.54) is 6.92 Å². The van der Waals surface area contributed by atoms with Crippen LogP contribution < -0.4 is 0 Å². The molecule has 13 heavy (non-hydrogen) atoms. The zero-order chi connectivity index (χ0) is 10.3. The molecule has 1 unspecified atom stereocenters. The smallest absolute Gasteiger partial charge is 0.379 e. The molecule has 1 N–H and O–H groups in total. The van der Waals surface area contributed by atoms with Crippen LogP contribution in [0.15, 0.2) is 0 Å². The second-order valence-corrected chi connectivity index (χ2v) is 3.22. The van der Waals surface area contributed by atoms with Crippen molar-refractivity contribution in [3.63, 3.8) is 0 Å². The summed E-state index contributed by atoms with van der Waals surface area (Å²) >= 11 is 0. The number of nitrogens with zero attached hydrogens (tertiary/aromatic N) is 1. The van der Waals surface area contributed by atoms with Gasteiger partial charge in [-0.3, -0.25) is 4.79 Å². The average molecular weight is 197 g/mol. The van der Waals surface area contributed by atoms with Gasteiger partial charge in [0.25, 0.3) is 0 Å². The molecule has 1 aliphatic heterocycles. The average Bonchev–Trinajstić information content (AvgIpc) is 2.31. The fourth-order valence-corrected chi connectivity index (χ4v) is 1.29. The number of hydrogen-bond donors (Lipinski definition) is 1. The van der Waals surface area contributed by atoms with Gasteiger partial charge in [0.05, 0.1) is 6.54 Å². The predicted molar refractivity (Wildman–Crippen MR) is 37.9 cm³/mol. The Morgan fingerprint density at radius 2 is 2.08 bits per heavy atom. The Bertz CT molecular complexity index is 228. The van der Waals surface area contributed by atoms with E-state index in [9.17, 15) is 18.0 Å². The quantitative estimate of drug-likeness (QED) is 0.615. The first-order valence-electron chi connectivity index (χ1n) is 3.81. The minimum absolute atomic E-state index is 0.0364. The van der Waals surface area contributed by atoms with E-state index in [1.54, 1.807) is 0 Å². The molecule has 0 spiro atoms. The molecule has 1 amide bonds. The fraction of sp³-hybridized carbons (Fsp3) is 0.857. The topological polar surface area (TPSA) is 40.5 Å². The Morgan fingerprint density at radius 3 is 2.31 bits per heavy atom. The largest absolute Gasteiger partial charge is 0.419 e. The first-order valence-corrected chi connectivity index (χ1v) is 3.81. The summed E-state index contributed by atoms with van der Waals surface area (Å²) in [6.07, 6.45) is -5.09. The van der Waals surface area contributed by atoms with Gasteiger partial charge in [-0.25, -0.2) is 0 Å². The number of carbonyl (C=O) groups is 1. The second-order valence-electron chi connectivity index (χ2n) is 3.22. The van der Waals surface area contributed by atoms with Crippen LogP contribution in [0.2, 0.25) is 0 Å². The van der Waals surface area contributed by atoms with Crippen LogP contribution >= 0.6 is 0 Å². The highest BCUT2D eigenvalue weighted by Gasteiger charge is 2.57. The van der Waals surface area contributed by atoms with Crippen molar-refractivity contribution in [2.75, 3.05) is 13.1 Å². The number of rotatable bonds is 0. The van der Waals surface area contributed by atoms with Crippen molar-refractivity contribution in [1.82, 2.24) is 4.90 Å². The van der Waals surface area contributed by atoms with Gasteiger partial charge in [-0.2, -0.15) is 13.2 Å². The molecule has 76 valence electrons. The van der Waals surface area contributed by atoms with Gasteiger partial charge < -0.3 is 10.0 Å². The molecule has 0 aromatic carbocycles. The van der Waals surface area contributed by atoms with Gasteiger partial charge in [0.1, 0.15) is 0 Å². The molecular weight excluding hydrogens is 187 g/mol. The minimum atomic E-state index is -4.66. The Labute approximate surface area is 73.1 Å². The molecule has 1 fully saturated rings. The van der Waals surface area contributed by atoms with E-state index in [0.717, 1.165) is 4.90 Å². The Morgan fingerprint density at radius 1 is 1.54 bits per heavy atom. The number of hydrogen-bond acceptors (Lipinski definition) is 2. The highest BCUT2D eigenvalue weighted by Crippen LogP contribution is 2.37. The molecule has 6 heteroatoms. The first-order chi connectivity index (χ1) is 5.76. The van der Waals surface area contributed by atoms with Gasteiger partial charge in [0.2, 0.25) is 5.91 Å². The highest BCUT2D eigenvalue weighted by atomic mass is 19.4. The second kappa shape index (κ2) is 2.87. The lowest BCUT2D eigenvalue weighted by molar-refractivity contribution is -0.253. The summed E-state index contributed by atoms with van der Waals surface area (Å²) in [6.45, 7) is 0.499. The standard InChI is InChI=1S/C7H10F3NO2/c1-5(12)11-3-2-6(13,4-11)7(8,9)10/h13H,2-4H2,1H3. The maximum absolute atomic E-state index is 12.2. The van der Waals surface area contributed by atoms with E-state index in [1.807, 2.05) is 0 Å². The fourth-order valence-electron chi connectivity index (χ4n) is 1.29. The van der Waals surface area contributed by atoms with Gasteiger partial charge in [-0.15, -0.1) is 0 Å². The SMILES string of the molecule is CC(=O)N1CCC(O)(C(F)(F)F)C1. The summed E-state index contributed by atoms with van der Waals surface area (Å²) in [7, 11) is 0.